The summed E-state index contributed by atoms with van der Waals surface area (Å²) in [5, 5.41) is 2.61. The van der Waals surface area contributed by atoms with Crippen molar-refractivity contribution in [3.63, 3.8) is 0 Å². The lowest BCUT2D eigenvalue weighted by atomic mass is 10.0. The van der Waals surface area contributed by atoms with E-state index in [-0.39, 0.29) is 33.9 Å². The van der Waals surface area contributed by atoms with Gasteiger partial charge in [-0.15, -0.1) is 0 Å². The van der Waals surface area contributed by atoms with Crippen LogP contribution < -0.4 is 9.62 Å². The molecule has 0 radical (unpaired) electrons. The molecule has 0 unspecified atom stereocenters. The van der Waals surface area contributed by atoms with Crippen LogP contribution >= 0.6 is 34.8 Å². The molecule has 254 valence electrons. The van der Waals surface area contributed by atoms with Gasteiger partial charge >= 0.3 is 6.18 Å². The first-order valence-electron chi connectivity index (χ1n) is 14.6. The van der Waals surface area contributed by atoms with Crippen LogP contribution in [0, 0.1) is 0 Å². The van der Waals surface area contributed by atoms with E-state index in [1.807, 2.05) is 0 Å². The number of rotatable bonds is 12. The van der Waals surface area contributed by atoms with Crippen molar-refractivity contribution in [3.05, 3.63) is 129 Å². The standard InChI is InChI=1S/C34H31Cl3F3N3O4S/c1-22(2)41-33(45)31(18-23-9-5-3-6-10-23)42(20-24-13-15-29(36)30(37)17-24)32(44)21-43(48(46,47)26-11-7-4-8-12-26)25-14-16-28(35)27(19-25)34(38,39)40/h3-17,19,22,31H,18,20-21H2,1-2H3,(H,41,45)/t31-/m0/s1. The molecule has 0 aliphatic rings. The zero-order valence-electron chi connectivity index (χ0n) is 25.7. The Morgan fingerprint density at radius 2 is 1.40 bits per heavy atom. The van der Waals surface area contributed by atoms with Crippen LogP contribution in [0.3, 0.4) is 0 Å². The van der Waals surface area contributed by atoms with Gasteiger partial charge in [0.1, 0.15) is 12.6 Å². The SMILES string of the molecule is CC(C)NC(=O)[C@H](Cc1ccccc1)N(Cc1ccc(Cl)c(Cl)c1)C(=O)CN(c1ccc(Cl)c(C(F)(F)F)c1)S(=O)(=O)c1ccccc1. The first-order valence-corrected chi connectivity index (χ1v) is 17.2. The van der Waals surface area contributed by atoms with Crippen molar-refractivity contribution in [3.8, 4) is 0 Å². The van der Waals surface area contributed by atoms with Crippen LogP contribution in [-0.4, -0.2) is 43.8 Å². The Hall–Kier alpha value is -3.77. The van der Waals surface area contributed by atoms with Gasteiger partial charge in [0, 0.05) is 19.0 Å². The number of nitrogens with zero attached hydrogens (tertiary/aromatic N) is 2. The largest absolute Gasteiger partial charge is 0.417 e. The first-order chi connectivity index (χ1) is 22.6. The average molecular weight is 741 g/mol. The van der Waals surface area contributed by atoms with E-state index in [2.05, 4.69) is 5.32 Å². The van der Waals surface area contributed by atoms with Gasteiger partial charge in [0.15, 0.2) is 0 Å². The van der Waals surface area contributed by atoms with Crippen molar-refractivity contribution in [2.45, 2.75) is 50.0 Å². The quantitative estimate of drug-likeness (QED) is 0.160. The molecule has 1 atom stereocenters. The number of carbonyl (C=O) groups excluding carboxylic acids is 2. The summed E-state index contributed by atoms with van der Waals surface area (Å²) in [5.41, 5.74) is -0.566. The van der Waals surface area contributed by atoms with Gasteiger partial charge in [-0.1, -0.05) is 89.4 Å². The Kier molecular flexibility index (Phi) is 12.1. The lowest BCUT2D eigenvalue weighted by Crippen LogP contribution is -2.54. The van der Waals surface area contributed by atoms with E-state index in [1.165, 1.54) is 41.3 Å². The molecule has 0 saturated carbocycles. The first kappa shape index (κ1) is 37.1. The van der Waals surface area contributed by atoms with E-state index >= 15 is 0 Å². The van der Waals surface area contributed by atoms with Crippen LogP contribution in [-0.2, 0) is 38.8 Å². The Labute approximate surface area is 292 Å². The van der Waals surface area contributed by atoms with Gasteiger partial charge in [-0.3, -0.25) is 13.9 Å². The highest BCUT2D eigenvalue weighted by atomic mass is 35.5. The molecule has 0 heterocycles. The normalized spacial score (nSPS) is 12.4. The molecule has 4 aromatic carbocycles. The molecule has 0 aromatic heterocycles. The smallest absolute Gasteiger partial charge is 0.352 e. The minimum absolute atomic E-state index is 0.0387. The third-order valence-corrected chi connectivity index (χ3v) is 10.0. The van der Waals surface area contributed by atoms with Gasteiger partial charge in [0.05, 0.1) is 31.2 Å². The van der Waals surface area contributed by atoms with Crippen LogP contribution in [0.15, 0.2) is 102 Å². The Morgan fingerprint density at radius 1 is 0.792 bits per heavy atom. The topological polar surface area (TPSA) is 86.8 Å². The zero-order chi connectivity index (χ0) is 35.2. The van der Waals surface area contributed by atoms with Crippen molar-refractivity contribution < 1.29 is 31.2 Å². The minimum Gasteiger partial charge on any atom is -0.352 e. The lowest BCUT2D eigenvalue weighted by Gasteiger charge is -2.34. The lowest BCUT2D eigenvalue weighted by molar-refractivity contribution is -0.140. The van der Waals surface area contributed by atoms with Gasteiger partial charge < -0.3 is 10.2 Å². The molecule has 1 N–H and O–H groups in total. The summed E-state index contributed by atoms with van der Waals surface area (Å²) in [4.78, 5) is 29.1. The van der Waals surface area contributed by atoms with E-state index < -0.39 is 56.9 Å². The fourth-order valence-electron chi connectivity index (χ4n) is 4.90. The highest BCUT2D eigenvalue weighted by Gasteiger charge is 2.37. The maximum absolute atomic E-state index is 14.5. The number of sulfonamides is 1. The van der Waals surface area contributed by atoms with Crippen molar-refractivity contribution in [1.29, 1.82) is 0 Å². The predicted octanol–water partition coefficient (Wildman–Crippen LogP) is 8.03. The van der Waals surface area contributed by atoms with Gasteiger partial charge in [-0.05, 0) is 67.4 Å². The highest BCUT2D eigenvalue weighted by Crippen LogP contribution is 2.38. The number of benzene rings is 4. The molecule has 48 heavy (non-hydrogen) atoms. The summed E-state index contributed by atoms with van der Waals surface area (Å²) >= 11 is 18.2. The number of hydrogen-bond donors (Lipinski definition) is 1. The van der Waals surface area contributed by atoms with Crippen LogP contribution in [0.2, 0.25) is 15.1 Å². The van der Waals surface area contributed by atoms with Crippen LogP contribution in [0.5, 0.6) is 0 Å². The number of hydrogen-bond acceptors (Lipinski definition) is 4. The minimum atomic E-state index is -4.92. The molecule has 0 bridgehead atoms. The summed E-state index contributed by atoms with van der Waals surface area (Å²) in [5.74, 6) is -1.39. The number of alkyl halides is 3. The number of carbonyl (C=O) groups is 2. The second-order valence-electron chi connectivity index (χ2n) is 11.1. The molecule has 4 rings (SSSR count). The molecule has 14 heteroatoms. The summed E-state index contributed by atoms with van der Waals surface area (Å²) in [7, 11) is -4.63. The summed E-state index contributed by atoms with van der Waals surface area (Å²) in [6.07, 6.45) is -4.88. The van der Waals surface area contributed by atoms with Crippen LogP contribution in [0.4, 0.5) is 18.9 Å². The van der Waals surface area contributed by atoms with Crippen molar-refractivity contribution in [1.82, 2.24) is 10.2 Å². The molecule has 7 nitrogen and oxygen atoms in total. The third kappa shape index (κ3) is 9.22. The summed E-state index contributed by atoms with van der Waals surface area (Å²) in [6, 6.07) is 21.6. The molecule has 0 spiro atoms. The molecule has 4 aromatic rings. The second kappa shape index (κ2) is 15.6. The second-order valence-corrected chi connectivity index (χ2v) is 14.2. The third-order valence-electron chi connectivity index (χ3n) is 7.19. The monoisotopic (exact) mass is 739 g/mol. The Morgan fingerprint density at radius 3 is 1.98 bits per heavy atom. The van der Waals surface area contributed by atoms with E-state index in [1.54, 1.807) is 56.3 Å². The van der Waals surface area contributed by atoms with Gasteiger partial charge in [0.2, 0.25) is 11.8 Å². The molecule has 0 aliphatic heterocycles. The maximum atomic E-state index is 14.5. The molecule has 0 aliphatic carbocycles. The van der Waals surface area contributed by atoms with E-state index in [0.29, 0.717) is 21.5 Å². The zero-order valence-corrected chi connectivity index (χ0v) is 28.8. The number of nitrogens with one attached hydrogen (secondary N) is 1. The Balaban J connectivity index is 1.87. The van der Waals surface area contributed by atoms with Gasteiger partial charge in [-0.25, -0.2) is 8.42 Å². The predicted molar refractivity (Wildman–Crippen MR) is 182 cm³/mol. The van der Waals surface area contributed by atoms with E-state index in [9.17, 15) is 31.2 Å². The van der Waals surface area contributed by atoms with Crippen molar-refractivity contribution >= 4 is 62.3 Å². The molecule has 0 saturated heterocycles. The fourth-order valence-corrected chi connectivity index (χ4v) is 6.88. The summed E-state index contributed by atoms with van der Waals surface area (Å²) < 4.78 is 70.4. The molecule has 0 fully saturated rings. The fraction of sp³-hybridized carbons (Fsp3) is 0.235. The van der Waals surface area contributed by atoms with E-state index in [0.717, 1.165) is 12.1 Å². The number of anilines is 1. The van der Waals surface area contributed by atoms with Gasteiger partial charge in [-0.2, -0.15) is 13.2 Å². The number of halogens is 6. The van der Waals surface area contributed by atoms with E-state index in [4.69, 9.17) is 34.8 Å². The van der Waals surface area contributed by atoms with Crippen molar-refractivity contribution in [2.24, 2.45) is 0 Å². The van der Waals surface area contributed by atoms with Crippen LogP contribution in [0.25, 0.3) is 0 Å². The number of amides is 2. The highest BCUT2D eigenvalue weighted by molar-refractivity contribution is 7.92. The maximum Gasteiger partial charge on any atom is 0.417 e. The molecular formula is C34H31Cl3F3N3O4S. The molecule has 2 amide bonds. The molecular weight excluding hydrogens is 710 g/mol. The Bertz CT molecular complexity index is 1860. The average Bonchev–Trinajstić information content (AvgIpc) is 3.03. The van der Waals surface area contributed by atoms with Crippen molar-refractivity contribution in [2.75, 3.05) is 10.8 Å². The summed E-state index contributed by atoms with van der Waals surface area (Å²) in [6.45, 7) is 2.31. The van der Waals surface area contributed by atoms with Gasteiger partial charge in [0.25, 0.3) is 10.0 Å². The van der Waals surface area contributed by atoms with Crippen LogP contribution in [0.1, 0.15) is 30.5 Å².